The van der Waals surface area contributed by atoms with Gasteiger partial charge in [0.25, 0.3) is 0 Å². The van der Waals surface area contributed by atoms with Crippen LogP contribution in [0.2, 0.25) is 0 Å². The number of hydrogen-bond donors (Lipinski definition) is 1. The van der Waals surface area contributed by atoms with E-state index in [9.17, 15) is 5.11 Å². The summed E-state index contributed by atoms with van der Waals surface area (Å²) in [5.41, 5.74) is 0. The minimum Gasteiger partial charge on any atom is -0.507 e. The molecule has 0 atom stereocenters. The first-order valence-electron chi connectivity index (χ1n) is 4.21. The highest BCUT2D eigenvalue weighted by Gasteiger charge is 2.01. The van der Waals surface area contributed by atoms with Gasteiger partial charge >= 0.3 is 0 Å². The molecule has 0 radical (unpaired) electrons. The molecule has 0 bridgehead atoms. The number of halogens is 1. The fourth-order valence-electron chi connectivity index (χ4n) is 0.840. The van der Waals surface area contributed by atoms with E-state index < -0.39 is 0 Å². The first-order valence-corrected chi connectivity index (χ1v) is 5.00. The van der Waals surface area contributed by atoms with Crippen molar-refractivity contribution in [3.05, 3.63) is 22.7 Å². The first-order chi connectivity index (χ1) is 6.09. The van der Waals surface area contributed by atoms with Crippen LogP contribution in [0.25, 0.3) is 0 Å². The molecule has 0 fully saturated rings. The largest absolute Gasteiger partial charge is 0.507 e. The van der Waals surface area contributed by atoms with Gasteiger partial charge in [0.15, 0.2) is 0 Å². The molecule has 0 aliphatic rings. The maximum absolute atomic E-state index is 9.22. The number of rotatable bonds is 3. The predicted octanol–water partition coefficient (Wildman–Crippen LogP) is 3.19. The highest BCUT2D eigenvalue weighted by Crippen LogP contribution is 2.27. The molecule has 0 amide bonds. The monoisotopic (exact) mass is 244 g/mol. The van der Waals surface area contributed by atoms with Crippen LogP contribution >= 0.6 is 15.9 Å². The molecular formula is C10H13BrO2. The Labute approximate surface area is 86.7 Å². The van der Waals surface area contributed by atoms with Gasteiger partial charge in [-0.3, -0.25) is 0 Å². The van der Waals surface area contributed by atoms with E-state index >= 15 is 0 Å². The third kappa shape index (κ3) is 3.27. The number of phenolic OH excluding ortho intramolecular Hbond substituents is 1. The Balaban J connectivity index is 2.63. The molecule has 1 aromatic carbocycles. The molecule has 0 aliphatic heterocycles. The highest BCUT2D eigenvalue weighted by atomic mass is 79.9. The van der Waals surface area contributed by atoms with Gasteiger partial charge in [0.05, 0.1) is 11.1 Å². The lowest BCUT2D eigenvalue weighted by Gasteiger charge is -2.08. The minimum atomic E-state index is 0.233. The van der Waals surface area contributed by atoms with Crippen LogP contribution in [0.15, 0.2) is 22.7 Å². The third-order valence-electron chi connectivity index (χ3n) is 1.50. The second-order valence-corrected chi connectivity index (χ2v) is 4.17. The SMILES string of the molecule is CC(C)COc1ccc(O)c(Br)c1. The van der Waals surface area contributed by atoms with E-state index in [1.165, 1.54) is 0 Å². The smallest absolute Gasteiger partial charge is 0.130 e. The van der Waals surface area contributed by atoms with Crippen LogP contribution in [0.1, 0.15) is 13.8 Å². The van der Waals surface area contributed by atoms with Crippen LogP contribution in [0, 0.1) is 5.92 Å². The minimum absolute atomic E-state index is 0.233. The van der Waals surface area contributed by atoms with Crippen molar-refractivity contribution >= 4 is 15.9 Å². The quantitative estimate of drug-likeness (QED) is 0.886. The van der Waals surface area contributed by atoms with Gasteiger partial charge in [0, 0.05) is 0 Å². The topological polar surface area (TPSA) is 29.5 Å². The summed E-state index contributed by atoms with van der Waals surface area (Å²) >= 11 is 3.22. The summed E-state index contributed by atoms with van der Waals surface area (Å²) in [4.78, 5) is 0. The van der Waals surface area contributed by atoms with Crippen molar-refractivity contribution in [3.8, 4) is 11.5 Å². The summed E-state index contributed by atoms with van der Waals surface area (Å²) in [7, 11) is 0. The molecule has 0 spiro atoms. The molecule has 13 heavy (non-hydrogen) atoms. The van der Waals surface area contributed by atoms with E-state index in [1.54, 1.807) is 18.2 Å². The Morgan fingerprint density at radius 2 is 2.15 bits per heavy atom. The molecule has 2 nitrogen and oxygen atoms in total. The Morgan fingerprint density at radius 1 is 1.46 bits per heavy atom. The summed E-state index contributed by atoms with van der Waals surface area (Å²) in [6.07, 6.45) is 0. The molecule has 0 saturated heterocycles. The van der Waals surface area contributed by atoms with Gasteiger partial charge in [-0.05, 0) is 40.0 Å². The summed E-state index contributed by atoms with van der Waals surface area (Å²) in [6, 6.07) is 5.12. The van der Waals surface area contributed by atoms with Crippen LogP contribution in [-0.4, -0.2) is 11.7 Å². The summed E-state index contributed by atoms with van der Waals surface area (Å²) < 4.78 is 6.12. The zero-order valence-corrected chi connectivity index (χ0v) is 9.34. The van der Waals surface area contributed by atoms with Gasteiger partial charge < -0.3 is 9.84 Å². The maximum Gasteiger partial charge on any atom is 0.130 e. The van der Waals surface area contributed by atoms with E-state index in [0.717, 1.165) is 5.75 Å². The Kier molecular flexibility index (Phi) is 3.60. The number of hydrogen-bond acceptors (Lipinski definition) is 2. The van der Waals surface area contributed by atoms with Gasteiger partial charge in [-0.25, -0.2) is 0 Å². The van der Waals surface area contributed by atoms with E-state index in [4.69, 9.17) is 4.74 Å². The average molecular weight is 245 g/mol. The van der Waals surface area contributed by atoms with E-state index in [2.05, 4.69) is 29.8 Å². The van der Waals surface area contributed by atoms with Gasteiger partial charge in [0.2, 0.25) is 0 Å². The number of aromatic hydroxyl groups is 1. The fraction of sp³-hybridized carbons (Fsp3) is 0.400. The fourth-order valence-corrected chi connectivity index (χ4v) is 1.20. The van der Waals surface area contributed by atoms with Gasteiger partial charge in [-0.2, -0.15) is 0 Å². The lowest BCUT2D eigenvalue weighted by Crippen LogP contribution is -2.04. The maximum atomic E-state index is 9.22. The van der Waals surface area contributed by atoms with Crippen LogP contribution in [0.3, 0.4) is 0 Å². The number of phenols is 1. The third-order valence-corrected chi connectivity index (χ3v) is 2.14. The number of ether oxygens (including phenoxy) is 1. The Morgan fingerprint density at radius 3 is 2.69 bits per heavy atom. The van der Waals surface area contributed by atoms with E-state index in [1.807, 2.05) is 0 Å². The van der Waals surface area contributed by atoms with Crippen molar-refractivity contribution in [1.29, 1.82) is 0 Å². The zero-order chi connectivity index (χ0) is 9.84. The van der Waals surface area contributed by atoms with Crippen molar-refractivity contribution in [2.45, 2.75) is 13.8 Å². The molecular weight excluding hydrogens is 232 g/mol. The van der Waals surface area contributed by atoms with Crippen LogP contribution in [0.5, 0.6) is 11.5 Å². The average Bonchev–Trinajstić information content (AvgIpc) is 2.07. The van der Waals surface area contributed by atoms with Crippen molar-refractivity contribution in [2.24, 2.45) is 5.92 Å². The molecule has 1 N–H and O–H groups in total. The summed E-state index contributed by atoms with van der Waals surface area (Å²) in [5, 5.41) is 9.22. The van der Waals surface area contributed by atoms with Crippen molar-refractivity contribution < 1.29 is 9.84 Å². The summed E-state index contributed by atoms with van der Waals surface area (Å²) in [6.45, 7) is 4.88. The molecule has 0 aliphatic carbocycles. The summed E-state index contributed by atoms with van der Waals surface area (Å²) in [5.74, 6) is 1.52. The van der Waals surface area contributed by atoms with Crippen molar-refractivity contribution in [1.82, 2.24) is 0 Å². The van der Waals surface area contributed by atoms with Crippen LogP contribution in [0.4, 0.5) is 0 Å². The molecule has 72 valence electrons. The first kappa shape index (κ1) is 10.4. The lowest BCUT2D eigenvalue weighted by atomic mass is 10.2. The second-order valence-electron chi connectivity index (χ2n) is 3.32. The normalized spacial score (nSPS) is 10.5. The highest BCUT2D eigenvalue weighted by molar-refractivity contribution is 9.10. The van der Waals surface area contributed by atoms with Gasteiger partial charge in [0.1, 0.15) is 11.5 Å². The Hall–Kier alpha value is -0.700. The van der Waals surface area contributed by atoms with E-state index in [0.29, 0.717) is 17.0 Å². The van der Waals surface area contributed by atoms with E-state index in [-0.39, 0.29) is 5.75 Å². The predicted molar refractivity (Wildman–Crippen MR) is 56.1 cm³/mol. The number of benzene rings is 1. The van der Waals surface area contributed by atoms with Crippen molar-refractivity contribution in [3.63, 3.8) is 0 Å². The molecule has 0 aromatic heterocycles. The zero-order valence-electron chi connectivity index (χ0n) is 7.75. The van der Waals surface area contributed by atoms with Gasteiger partial charge in [-0.1, -0.05) is 13.8 Å². The molecule has 0 unspecified atom stereocenters. The molecule has 0 heterocycles. The molecule has 1 rings (SSSR count). The van der Waals surface area contributed by atoms with Gasteiger partial charge in [-0.15, -0.1) is 0 Å². The second kappa shape index (κ2) is 4.51. The van der Waals surface area contributed by atoms with Crippen LogP contribution < -0.4 is 4.74 Å². The lowest BCUT2D eigenvalue weighted by molar-refractivity contribution is 0.270. The Bertz CT molecular complexity index is 284. The molecule has 3 heteroatoms. The molecule has 0 saturated carbocycles. The molecule has 1 aromatic rings. The van der Waals surface area contributed by atoms with Crippen molar-refractivity contribution in [2.75, 3.05) is 6.61 Å². The van der Waals surface area contributed by atoms with Crippen LogP contribution in [-0.2, 0) is 0 Å². The standard InChI is InChI=1S/C10H13BrO2/c1-7(2)6-13-8-3-4-10(12)9(11)5-8/h3-5,7,12H,6H2,1-2H3.